The summed E-state index contributed by atoms with van der Waals surface area (Å²) >= 11 is 0. The Bertz CT molecular complexity index is 233. The zero-order chi connectivity index (χ0) is 15.1. The molecule has 20 heavy (non-hydrogen) atoms. The monoisotopic (exact) mass is 284 g/mol. The summed E-state index contributed by atoms with van der Waals surface area (Å²) < 4.78 is 0. The second-order valence-corrected chi connectivity index (χ2v) is 6.70. The molecule has 0 spiro atoms. The number of rotatable bonds is 8. The fourth-order valence-corrected chi connectivity index (χ4v) is 3.31. The van der Waals surface area contributed by atoms with Crippen molar-refractivity contribution in [3.63, 3.8) is 0 Å². The van der Waals surface area contributed by atoms with Crippen LogP contribution in [0.15, 0.2) is 0 Å². The van der Waals surface area contributed by atoms with Crippen LogP contribution in [0.2, 0.25) is 0 Å². The Balaban J connectivity index is 2.44. The molecule has 0 bridgehead atoms. The lowest BCUT2D eigenvalue weighted by molar-refractivity contribution is 0.0348. The van der Waals surface area contributed by atoms with Gasteiger partial charge in [0.15, 0.2) is 0 Å². The average Bonchev–Trinajstić information content (AvgIpc) is 2.36. The first-order chi connectivity index (χ1) is 9.47. The first-order valence-corrected chi connectivity index (χ1v) is 8.47. The third-order valence-electron chi connectivity index (χ3n) is 4.50. The molecule has 4 N–H and O–H groups in total. The average molecular weight is 284 g/mol. The molecule has 1 heterocycles. The van der Waals surface area contributed by atoms with Crippen LogP contribution in [-0.4, -0.2) is 60.1 Å². The van der Waals surface area contributed by atoms with Crippen LogP contribution in [0.1, 0.15) is 53.4 Å². The van der Waals surface area contributed by atoms with Crippen molar-refractivity contribution >= 4 is 0 Å². The molecule has 1 fully saturated rings. The fraction of sp³-hybridized carbons (Fsp3) is 1.00. The number of nitrogens with zero attached hydrogens (tertiary/aromatic N) is 2. The summed E-state index contributed by atoms with van der Waals surface area (Å²) in [5.74, 6) is 0. The SMILES string of the molecule is CCCC(N)CN1CC(C)N(CC(N)CCC)CC1C. The lowest BCUT2D eigenvalue weighted by Gasteiger charge is -2.45. The van der Waals surface area contributed by atoms with E-state index in [1.165, 1.54) is 12.8 Å². The van der Waals surface area contributed by atoms with Gasteiger partial charge in [0.1, 0.15) is 0 Å². The van der Waals surface area contributed by atoms with Crippen molar-refractivity contribution in [1.29, 1.82) is 0 Å². The number of hydrogen-bond acceptors (Lipinski definition) is 4. The molecule has 0 radical (unpaired) electrons. The zero-order valence-corrected chi connectivity index (χ0v) is 14.0. The van der Waals surface area contributed by atoms with Crippen LogP contribution in [0, 0.1) is 0 Å². The first-order valence-electron chi connectivity index (χ1n) is 8.47. The van der Waals surface area contributed by atoms with Gasteiger partial charge >= 0.3 is 0 Å². The lowest BCUT2D eigenvalue weighted by Crippen LogP contribution is -2.60. The van der Waals surface area contributed by atoms with Crippen LogP contribution in [0.5, 0.6) is 0 Å². The minimum atomic E-state index is 0.323. The van der Waals surface area contributed by atoms with Crippen molar-refractivity contribution in [1.82, 2.24) is 9.80 Å². The van der Waals surface area contributed by atoms with Crippen LogP contribution in [0.4, 0.5) is 0 Å². The maximum absolute atomic E-state index is 6.20. The third-order valence-corrected chi connectivity index (χ3v) is 4.50. The van der Waals surface area contributed by atoms with E-state index in [1.807, 2.05) is 0 Å². The van der Waals surface area contributed by atoms with E-state index < -0.39 is 0 Å². The van der Waals surface area contributed by atoms with Gasteiger partial charge in [-0.05, 0) is 26.7 Å². The minimum Gasteiger partial charge on any atom is -0.327 e. The predicted molar refractivity (Wildman–Crippen MR) is 87.8 cm³/mol. The second-order valence-electron chi connectivity index (χ2n) is 6.70. The smallest absolute Gasteiger partial charge is 0.0196 e. The third kappa shape index (κ3) is 5.68. The van der Waals surface area contributed by atoms with Gasteiger partial charge in [0.2, 0.25) is 0 Å². The second kappa shape index (κ2) is 8.98. The van der Waals surface area contributed by atoms with Gasteiger partial charge in [-0.3, -0.25) is 9.80 Å². The standard InChI is InChI=1S/C16H36N4/c1-5-7-15(17)11-19-9-14(4)20(10-13(19)3)12-16(18)8-6-2/h13-16H,5-12,17-18H2,1-4H3. The van der Waals surface area contributed by atoms with Gasteiger partial charge in [-0.15, -0.1) is 0 Å². The molecule has 4 unspecified atom stereocenters. The summed E-state index contributed by atoms with van der Waals surface area (Å²) in [5.41, 5.74) is 12.4. The molecule has 4 atom stereocenters. The summed E-state index contributed by atoms with van der Waals surface area (Å²) in [6, 6.07) is 1.82. The summed E-state index contributed by atoms with van der Waals surface area (Å²) in [5, 5.41) is 0. The summed E-state index contributed by atoms with van der Waals surface area (Å²) in [6.07, 6.45) is 4.61. The van der Waals surface area contributed by atoms with Crippen molar-refractivity contribution in [3.8, 4) is 0 Å². The Kier molecular flexibility index (Phi) is 8.03. The van der Waals surface area contributed by atoms with Crippen molar-refractivity contribution in [2.75, 3.05) is 26.2 Å². The minimum absolute atomic E-state index is 0.323. The highest BCUT2D eigenvalue weighted by Crippen LogP contribution is 2.16. The van der Waals surface area contributed by atoms with Crippen molar-refractivity contribution in [2.24, 2.45) is 11.5 Å². The van der Waals surface area contributed by atoms with E-state index in [2.05, 4.69) is 37.5 Å². The topological polar surface area (TPSA) is 58.5 Å². The highest BCUT2D eigenvalue weighted by atomic mass is 15.3. The molecule has 0 amide bonds. The number of hydrogen-bond donors (Lipinski definition) is 2. The Morgan fingerprint density at radius 1 is 0.850 bits per heavy atom. The van der Waals surface area contributed by atoms with Crippen LogP contribution in [0.25, 0.3) is 0 Å². The molecule has 120 valence electrons. The molecule has 0 aromatic carbocycles. The van der Waals surface area contributed by atoms with Gasteiger partial charge in [-0.25, -0.2) is 0 Å². The van der Waals surface area contributed by atoms with Gasteiger partial charge in [0, 0.05) is 50.3 Å². The Morgan fingerprint density at radius 3 is 1.50 bits per heavy atom. The molecular weight excluding hydrogens is 248 g/mol. The van der Waals surface area contributed by atoms with Crippen LogP contribution in [-0.2, 0) is 0 Å². The van der Waals surface area contributed by atoms with E-state index in [0.717, 1.165) is 39.0 Å². The summed E-state index contributed by atoms with van der Waals surface area (Å²) in [7, 11) is 0. The quantitative estimate of drug-likeness (QED) is 0.711. The normalized spacial score (nSPS) is 28.5. The van der Waals surface area contributed by atoms with Crippen molar-refractivity contribution < 1.29 is 0 Å². The van der Waals surface area contributed by atoms with E-state index in [4.69, 9.17) is 11.5 Å². The molecule has 0 aliphatic carbocycles. The molecule has 4 heteroatoms. The molecule has 1 saturated heterocycles. The number of nitrogens with two attached hydrogens (primary N) is 2. The molecule has 4 nitrogen and oxygen atoms in total. The molecule has 0 saturated carbocycles. The Hall–Kier alpha value is -0.160. The summed E-state index contributed by atoms with van der Waals surface area (Å²) in [4.78, 5) is 5.12. The highest BCUT2D eigenvalue weighted by Gasteiger charge is 2.30. The Morgan fingerprint density at radius 2 is 1.20 bits per heavy atom. The van der Waals surface area contributed by atoms with Gasteiger partial charge in [0.05, 0.1) is 0 Å². The van der Waals surface area contributed by atoms with E-state index in [-0.39, 0.29) is 0 Å². The van der Waals surface area contributed by atoms with Crippen molar-refractivity contribution in [3.05, 3.63) is 0 Å². The zero-order valence-electron chi connectivity index (χ0n) is 14.0. The highest BCUT2D eigenvalue weighted by molar-refractivity contribution is 4.87. The fourth-order valence-electron chi connectivity index (χ4n) is 3.31. The van der Waals surface area contributed by atoms with Gasteiger partial charge in [0.25, 0.3) is 0 Å². The maximum Gasteiger partial charge on any atom is 0.0196 e. The largest absolute Gasteiger partial charge is 0.327 e. The molecular formula is C16H36N4. The van der Waals surface area contributed by atoms with Crippen LogP contribution in [0.3, 0.4) is 0 Å². The molecule has 0 aromatic heterocycles. The van der Waals surface area contributed by atoms with E-state index >= 15 is 0 Å². The van der Waals surface area contributed by atoms with Crippen molar-refractivity contribution in [2.45, 2.75) is 77.5 Å². The lowest BCUT2D eigenvalue weighted by atomic mass is 10.0. The molecule has 1 aliphatic rings. The number of piperazine rings is 1. The maximum atomic E-state index is 6.20. The van der Waals surface area contributed by atoms with Gasteiger partial charge in [-0.2, -0.15) is 0 Å². The molecule has 0 aromatic rings. The van der Waals surface area contributed by atoms with E-state index in [9.17, 15) is 0 Å². The molecule has 1 aliphatic heterocycles. The molecule has 1 rings (SSSR count). The van der Waals surface area contributed by atoms with Crippen LogP contribution >= 0.6 is 0 Å². The summed E-state index contributed by atoms with van der Waals surface area (Å²) in [6.45, 7) is 13.4. The van der Waals surface area contributed by atoms with Crippen LogP contribution < -0.4 is 11.5 Å². The van der Waals surface area contributed by atoms with Gasteiger partial charge < -0.3 is 11.5 Å². The Labute approximate surface area is 125 Å². The van der Waals surface area contributed by atoms with E-state index in [0.29, 0.717) is 24.2 Å². The van der Waals surface area contributed by atoms with Gasteiger partial charge in [-0.1, -0.05) is 26.7 Å². The van der Waals surface area contributed by atoms with E-state index in [1.54, 1.807) is 0 Å². The predicted octanol–water partition coefficient (Wildman–Crippen LogP) is 1.64. The first kappa shape index (κ1) is 17.9.